The Bertz CT molecular complexity index is 623. The van der Waals surface area contributed by atoms with Crippen molar-refractivity contribution < 1.29 is 13.2 Å². The van der Waals surface area contributed by atoms with Gasteiger partial charge in [-0.2, -0.15) is 13.2 Å². The van der Waals surface area contributed by atoms with E-state index in [0.29, 0.717) is 22.9 Å². The van der Waals surface area contributed by atoms with Gasteiger partial charge in [0.25, 0.3) is 0 Å². The Balaban J connectivity index is 1.95. The van der Waals surface area contributed by atoms with Gasteiger partial charge < -0.3 is 0 Å². The van der Waals surface area contributed by atoms with E-state index in [-0.39, 0.29) is 12.1 Å². The average Bonchev–Trinajstić information content (AvgIpc) is 2.75. The highest BCUT2D eigenvalue weighted by Crippen LogP contribution is 2.50. The third-order valence-corrected chi connectivity index (χ3v) is 6.20. The largest absolute Gasteiger partial charge is 0.401 e. The van der Waals surface area contributed by atoms with Crippen LogP contribution in [-0.4, -0.2) is 46.0 Å². The van der Waals surface area contributed by atoms with Crippen molar-refractivity contribution in [1.29, 1.82) is 5.41 Å². The molecule has 1 aromatic heterocycles. The van der Waals surface area contributed by atoms with Crippen LogP contribution in [0.2, 0.25) is 5.02 Å². The summed E-state index contributed by atoms with van der Waals surface area (Å²) in [5.41, 5.74) is 0.267. The minimum Gasteiger partial charge on any atom is -0.297 e. The van der Waals surface area contributed by atoms with Crippen molar-refractivity contribution in [2.45, 2.75) is 49.4 Å². The molecular weight excluding hydrogens is 359 g/mol. The van der Waals surface area contributed by atoms with Crippen LogP contribution in [0.3, 0.4) is 0 Å². The molecule has 2 aliphatic heterocycles. The number of halogens is 4. The Kier molecular flexibility index (Phi) is 4.88. The fourth-order valence-electron chi connectivity index (χ4n) is 4.23. The summed E-state index contributed by atoms with van der Waals surface area (Å²) in [6, 6.07) is 1.49. The van der Waals surface area contributed by atoms with Crippen LogP contribution in [-0.2, 0) is 5.41 Å². The van der Waals surface area contributed by atoms with Crippen molar-refractivity contribution in [2.24, 2.45) is 0 Å². The van der Waals surface area contributed by atoms with Crippen molar-refractivity contribution in [2.75, 3.05) is 12.8 Å². The van der Waals surface area contributed by atoms with Crippen LogP contribution in [0.15, 0.2) is 18.5 Å². The molecule has 132 valence electrons. The SMILES string of the molecule is CSC(=N)C1(c2cncc(Cl)c2)C[C@H]2CC[C@@H](C1)N2CC(F)(F)F. The third kappa shape index (κ3) is 3.30. The van der Waals surface area contributed by atoms with Gasteiger partial charge in [-0.05, 0) is 43.6 Å². The number of pyridine rings is 1. The van der Waals surface area contributed by atoms with Crippen LogP contribution < -0.4 is 0 Å². The summed E-state index contributed by atoms with van der Waals surface area (Å²) in [6.07, 6.45) is 3.42. The van der Waals surface area contributed by atoms with E-state index in [2.05, 4.69) is 4.98 Å². The summed E-state index contributed by atoms with van der Waals surface area (Å²) in [5, 5.41) is 9.47. The first-order chi connectivity index (χ1) is 11.2. The molecule has 2 aliphatic rings. The van der Waals surface area contributed by atoms with Crippen molar-refractivity contribution >= 4 is 28.4 Å². The predicted octanol–water partition coefficient (Wildman–Crippen LogP) is 4.50. The number of hydrogen-bond donors (Lipinski definition) is 1. The third-order valence-electron chi connectivity index (χ3n) is 5.20. The smallest absolute Gasteiger partial charge is 0.297 e. The van der Waals surface area contributed by atoms with Crippen molar-refractivity contribution in [1.82, 2.24) is 9.88 Å². The molecule has 0 amide bonds. The molecule has 3 nitrogen and oxygen atoms in total. The first-order valence-electron chi connectivity index (χ1n) is 7.82. The molecule has 1 aromatic rings. The van der Waals surface area contributed by atoms with E-state index < -0.39 is 18.1 Å². The first-order valence-corrected chi connectivity index (χ1v) is 9.42. The molecule has 8 heteroatoms. The Morgan fingerprint density at radius 3 is 2.50 bits per heavy atom. The van der Waals surface area contributed by atoms with Gasteiger partial charge in [0.15, 0.2) is 0 Å². The molecule has 1 N–H and O–H groups in total. The Morgan fingerprint density at radius 2 is 2.00 bits per heavy atom. The van der Waals surface area contributed by atoms with E-state index in [1.54, 1.807) is 17.2 Å². The molecule has 3 atom stereocenters. The number of fused-ring (bicyclic) bond motifs is 2. The molecule has 0 radical (unpaired) electrons. The molecule has 2 saturated heterocycles. The normalized spacial score (nSPS) is 30.5. The standard InChI is InChI=1S/C16H19ClF3N3S/c1-24-14(21)15(10-4-11(17)8-22-7-10)5-12-2-3-13(6-15)23(12)9-16(18,19)20/h4,7-8,12-13,21H,2-3,5-6,9H2,1H3/t12-,13+,15?. The van der Waals surface area contributed by atoms with Gasteiger partial charge in [-0.1, -0.05) is 11.6 Å². The summed E-state index contributed by atoms with van der Waals surface area (Å²) in [7, 11) is 0. The highest BCUT2D eigenvalue weighted by Gasteiger charge is 2.53. The second kappa shape index (κ2) is 6.50. The van der Waals surface area contributed by atoms with Gasteiger partial charge in [0.2, 0.25) is 0 Å². The van der Waals surface area contributed by atoms with Gasteiger partial charge in [0, 0.05) is 29.9 Å². The molecular formula is C16H19ClF3N3S. The fraction of sp³-hybridized carbons (Fsp3) is 0.625. The minimum atomic E-state index is -4.19. The van der Waals surface area contributed by atoms with E-state index >= 15 is 0 Å². The Labute approximate surface area is 148 Å². The fourth-order valence-corrected chi connectivity index (χ4v) is 5.08. The molecule has 3 rings (SSSR count). The zero-order chi connectivity index (χ0) is 17.5. The molecule has 0 spiro atoms. The lowest BCUT2D eigenvalue weighted by atomic mass is 9.71. The second-order valence-corrected chi connectivity index (χ2v) is 7.84. The monoisotopic (exact) mass is 377 g/mol. The Hall–Kier alpha value is -0.790. The molecule has 3 heterocycles. The van der Waals surface area contributed by atoms with E-state index in [0.717, 1.165) is 18.4 Å². The summed E-state index contributed by atoms with van der Waals surface area (Å²) in [5.74, 6) is 0. The number of nitrogens with zero attached hydrogens (tertiary/aromatic N) is 2. The number of thioether (sulfide) groups is 1. The van der Waals surface area contributed by atoms with E-state index in [1.807, 2.05) is 6.26 Å². The number of alkyl halides is 3. The highest BCUT2D eigenvalue weighted by molar-refractivity contribution is 8.13. The lowest BCUT2D eigenvalue weighted by Crippen LogP contribution is -2.54. The topological polar surface area (TPSA) is 40.0 Å². The van der Waals surface area contributed by atoms with Crippen LogP contribution in [0.1, 0.15) is 31.2 Å². The summed E-state index contributed by atoms with van der Waals surface area (Å²) >= 11 is 7.43. The van der Waals surface area contributed by atoms with Gasteiger partial charge in [0.1, 0.15) is 0 Å². The summed E-state index contributed by atoms with van der Waals surface area (Å²) in [6.45, 7) is -0.862. The zero-order valence-electron chi connectivity index (χ0n) is 13.2. The van der Waals surface area contributed by atoms with Gasteiger partial charge in [-0.25, -0.2) is 0 Å². The van der Waals surface area contributed by atoms with Gasteiger partial charge in [-0.3, -0.25) is 15.3 Å². The number of hydrogen-bond acceptors (Lipinski definition) is 4. The maximum absolute atomic E-state index is 12.9. The molecule has 2 bridgehead atoms. The molecule has 0 aliphatic carbocycles. The number of nitrogens with one attached hydrogen (secondary N) is 1. The van der Waals surface area contributed by atoms with E-state index in [9.17, 15) is 13.2 Å². The number of piperidine rings is 1. The van der Waals surface area contributed by atoms with E-state index in [4.69, 9.17) is 17.0 Å². The highest BCUT2D eigenvalue weighted by atomic mass is 35.5. The first kappa shape index (κ1) is 18.0. The van der Waals surface area contributed by atoms with Gasteiger partial charge >= 0.3 is 6.18 Å². The maximum atomic E-state index is 12.9. The van der Waals surface area contributed by atoms with Crippen LogP contribution in [0, 0.1) is 5.41 Å². The second-order valence-electron chi connectivity index (χ2n) is 6.59. The molecule has 0 aromatic carbocycles. The number of aromatic nitrogens is 1. The molecule has 1 unspecified atom stereocenters. The van der Waals surface area contributed by atoms with Crippen molar-refractivity contribution in [3.63, 3.8) is 0 Å². The van der Waals surface area contributed by atoms with Crippen LogP contribution in [0.4, 0.5) is 13.2 Å². The van der Waals surface area contributed by atoms with Crippen molar-refractivity contribution in [3.8, 4) is 0 Å². The summed E-state index contributed by atoms with van der Waals surface area (Å²) in [4.78, 5) is 5.73. The van der Waals surface area contributed by atoms with Gasteiger partial charge in [-0.15, -0.1) is 11.8 Å². The Morgan fingerprint density at radius 1 is 1.38 bits per heavy atom. The van der Waals surface area contributed by atoms with Gasteiger partial charge in [0.05, 0.1) is 16.6 Å². The quantitative estimate of drug-likeness (QED) is 0.622. The van der Waals surface area contributed by atoms with E-state index in [1.165, 1.54) is 18.0 Å². The summed E-state index contributed by atoms with van der Waals surface area (Å²) < 4.78 is 38.7. The predicted molar refractivity (Wildman–Crippen MR) is 91.0 cm³/mol. The molecule has 0 saturated carbocycles. The lowest BCUT2D eigenvalue weighted by molar-refractivity contribution is -0.156. The number of rotatable bonds is 3. The van der Waals surface area contributed by atoms with Crippen LogP contribution in [0.5, 0.6) is 0 Å². The lowest BCUT2D eigenvalue weighted by Gasteiger charge is -2.47. The molecule has 24 heavy (non-hydrogen) atoms. The average molecular weight is 378 g/mol. The van der Waals surface area contributed by atoms with Crippen molar-refractivity contribution in [3.05, 3.63) is 29.0 Å². The molecule has 2 fully saturated rings. The van der Waals surface area contributed by atoms with Crippen LogP contribution in [0.25, 0.3) is 0 Å². The minimum absolute atomic E-state index is 0.156. The maximum Gasteiger partial charge on any atom is 0.401 e. The zero-order valence-corrected chi connectivity index (χ0v) is 14.8. The van der Waals surface area contributed by atoms with Crippen LogP contribution >= 0.6 is 23.4 Å².